The van der Waals surface area contributed by atoms with E-state index in [9.17, 15) is 15.0 Å². The summed E-state index contributed by atoms with van der Waals surface area (Å²) in [6.07, 6.45) is 11.5. The number of carbonyl (C=O) groups is 1. The fourth-order valence-electron chi connectivity index (χ4n) is 4.90. The van der Waals surface area contributed by atoms with E-state index < -0.39 is 11.7 Å². The lowest BCUT2D eigenvalue weighted by Crippen LogP contribution is -2.33. The highest BCUT2D eigenvalue weighted by Crippen LogP contribution is 2.48. The number of fused-ring (bicyclic) bond motifs is 1. The summed E-state index contributed by atoms with van der Waals surface area (Å²) in [6, 6.07) is 0. The molecule has 0 saturated heterocycles. The Morgan fingerprint density at radius 2 is 2.00 bits per heavy atom. The average Bonchev–Trinajstić information content (AvgIpc) is 3.22. The zero-order valence-electron chi connectivity index (χ0n) is 13.8. The van der Waals surface area contributed by atoms with Gasteiger partial charge < -0.3 is 10.2 Å². The Kier molecular flexibility index (Phi) is 4.61. The van der Waals surface area contributed by atoms with Gasteiger partial charge in [0.2, 0.25) is 0 Å². The topological polar surface area (TPSA) is 57.5 Å². The van der Waals surface area contributed by atoms with E-state index in [4.69, 9.17) is 0 Å². The molecule has 3 aliphatic rings. The number of aliphatic hydroxyl groups is 2. The third-order valence-corrected chi connectivity index (χ3v) is 6.34. The highest BCUT2D eigenvalue weighted by molar-refractivity contribution is 5.99. The van der Waals surface area contributed by atoms with E-state index >= 15 is 0 Å². The van der Waals surface area contributed by atoms with Crippen molar-refractivity contribution in [2.24, 2.45) is 23.7 Å². The van der Waals surface area contributed by atoms with E-state index in [1.165, 1.54) is 12.8 Å². The molecule has 23 heavy (non-hydrogen) atoms. The molecule has 3 saturated carbocycles. The number of hydrogen-bond acceptors (Lipinski definition) is 3. The normalized spacial score (nSPS) is 37.5. The molecule has 126 valence electrons. The molecule has 0 aliphatic heterocycles. The molecule has 0 aromatic heterocycles. The summed E-state index contributed by atoms with van der Waals surface area (Å²) in [6.45, 7) is 7.68. The van der Waals surface area contributed by atoms with Gasteiger partial charge in [0.1, 0.15) is 0 Å². The lowest BCUT2D eigenvalue weighted by Gasteiger charge is -2.30. The van der Waals surface area contributed by atoms with Crippen LogP contribution in [0.5, 0.6) is 0 Å². The van der Waals surface area contributed by atoms with Crippen molar-refractivity contribution in [1.82, 2.24) is 0 Å². The van der Waals surface area contributed by atoms with Gasteiger partial charge in [-0.15, -0.1) is 6.58 Å². The maximum atomic E-state index is 12.0. The molecule has 1 unspecified atom stereocenters. The van der Waals surface area contributed by atoms with Crippen molar-refractivity contribution in [3.05, 3.63) is 37.0 Å². The molecule has 0 spiro atoms. The first-order chi connectivity index (χ1) is 11.0. The third-order valence-electron chi connectivity index (χ3n) is 6.34. The minimum Gasteiger partial charge on any atom is -0.392 e. The van der Waals surface area contributed by atoms with Crippen molar-refractivity contribution in [2.45, 2.75) is 56.7 Å². The van der Waals surface area contributed by atoms with Crippen molar-refractivity contribution in [1.29, 1.82) is 0 Å². The minimum atomic E-state index is -0.842. The van der Waals surface area contributed by atoms with Gasteiger partial charge in [-0.1, -0.05) is 37.6 Å². The van der Waals surface area contributed by atoms with Crippen molar-refractivity contribution < 1.29 is 15.0 Å². The van der Waals surface area contributed by atoms with Crippen LogP contribution in [0, 0.1) is 23.7 Å². The number of ketones is 1. The maximum Gasteiger partial charge on any atom is 0.161 e. The lowest BCUT2D eigenvalue weighted by atomic mass is 9.82. The van der Waals surface area contributed by atoms with Gasteiger partial charge in [0.25, 0.3) is 0 Å². The molecule has 0 amide bonds. The highest BCUT2D eigenvalue weighted by Gasteiger charge is 2.49. The second kappa shape index (κ2) is 6.37. The predicted molar refractivity (Wildman–Crippen MR) is 90.7 cm³/mol. The summed E-state index contributed by atoms with van der Waals surface area (Å²) >= 11 is 0. The molecule has 5 atom stereocenters. The Morgan fingerprint density at radius 3 is 2.65 bits per heavy atom. The first-order valence-corrected chi connectivity index (χ1v) is 8.89. The van der Waals surface area contributed by atoms with Crippen LogP contribution in [0.1, 0.15) is 44.9 Å². The van der Waals surface area contributed by atoms with E-state index in [1.807, 2.05) is 12.2 Å². The van der Waals surface area contributed by atoms with Crippen LogP contribution in [0.4, 0.5) is 0 Å². The second-order valence-corrected chi connectivity index (χ2v) is 7.63. The van der Waals surface area contributed by atoms with Gasteiger partial charge in [0.05, 0.1) is 11.7 Å². The Balaban J connectivity index is 1.66. The molecule has 0 aromatic rings. The van der Waals surface area contributed by atoms with Crippen LogP contribution in [-0.4, -0.2) is 27.7 Å². The van der Waals surface area contributed by atoms with Crippen LogP contribution in [0.15, 0.2) is 37.0 Å². The third kappa shape index (κ3) is 2.97. The maximum absolute atomic E-state index is 12.0. The number of rotatable bonds is 5. The molecule has 0 aromatic carbocycles. The van der Waals surface area contributed by atoms with Gasteiger partial charge in [-0.3, -0.25) is 4.79 Å². The minimum absolute atomic E-state index is 0.000781. The summed E-state index contributed by atoms with van der Waals surface area (Å²) in [5.74, 6) is 0.558. The molecule has 2 N–H and O–H groups in total. The molecular formula is C20H28O3. The average molecular weight is 316 g/mol. The van der Waals surface area contributed by atoms with Gasteiger partial charge >= 0.3 is 0 Å². The van der Waals surface area contributed by atoms with Crippen LogP contribution in [0.25, 0.3) is 0 Å². The summed E-state index contributed by atoms with van der Waals surface area (Å²) in [4.78, 5) is 12.0. The first kappa shape index (κ1) is 16.7. The molecule has 3 fully saturated rings. The van der Waals surface area contributed by atoms with E-state index in [1.54, 1.807) is 6.08 Å². The van der Waals surface area contributed by atoms with Crippen LogP contribution in [-0.2, 0) is 4.79 Å². The van der Waals surface area contributed by atoms with Crippen molar-refractivity contribution in [3.63, 3.8) is 0 Å². The fraction of sp³-hybridized carbons (Fsp3) is 0.650. The van der Waals surface area contributed by atoms with Gasteiger partial charge in [-0.05, 0) is 49.5 Å². The molecule has 3 nitrogen and oxygen atoms in total. The summed E-state index contributed by atoms with van der Waals surface area (Å²) < 4.78 is 0. The summed E-state index contributed by atoms with van der Waals surface area (Å²) in [5.41, 5.74) is -0.135. The van der Waals surface area contributed by atoms with Crippen molar-refractivity contribution >= 4 is 5.78 Å². The van der Waals surface area contributed by atoms with Crippen LogP contribution in [0.2, 0.25) is 0 Å². The zero-order valence-corrected chi connectivity index (χ0v) is 13.8. The van der Waals surface area contributed by atoms with Crippen molar-refractivity contribution in [3.8, 4) is 0 Å². The van der Waals surface area contributed by atoms with Gasteiger partial charge in [0, 0.05) is 11.8 Å². The number of hydrogen-bond donors (Lipinski definition) is 2. The van der Waals surface area contributed by atoms with E-state index in [2.05, 4.69) is 13.2 Å². The highest BCUT2D eigenvalue weighted by atomic mass is 16.3. The summed E-state index contributed by atoms with van der Waals surface area (Å²) in [5, 5.41) is 21.1. The smallest absolute Gasteiger partial charge is 0.161 e. The molecule has 0 bridgehead atoms. The summed E-state index contributed by atoms with van der Waals surface area (Å²) in [7, 11) is 0. The molecule has 3 rings (SSSR count). The Bertz CT molecular complexity index is 529. The molecule has 0 heterocycles. The number of allylic oxidation sites excluding steroid dienone is 1. The number of Topliss-reactive ketones (excluding diaryl/α,β-unsaturated/α-hetero) is 1. The van der Waals surface area contributed by atoms with Gasteiger partial charge in [-0.25, -0.2) is 0 Å². The number of carbonyl (C=O) groups excluding carboxylic acids is 1. The van der Waals surface area contributed by atoms with E-state index in [0.29, 0.717) is 30.8 Å². The largest absolute Gasteiger partial charge is 0.392 e. The Hall–Kier alpha value is -1.19. The zero-order chi connectivity index (χ0) is 16.6. The molecular weight excluding hydrogens is 288 g/mol. The van der Waals surface area contributed by atoms with Crippen LogP contribution in [0.3, 0.4) is 0 Å². The van der Waals surface area contributed by atoms with Gasteiger partial charge in [0.15, 0.2) is 5.78 Å². The molecule has 0 radical (unpaired) electrons. The van der Waals surface area contributed by atoms with E-state index in [-0.39, 0.29) is 23.5 Å². The number of aliphatic hydroxyl groups excluding tert-OH is 1. The first-order valence-electron chi connectivity index (χ1n) is 8.89. The molecule has 3 aliphatic carbocycles. The van der Waals surface area contributed by atoms with Crippen LogP contribution < -0.4 is 0 Å². The quantitative estimate of drug-likeness (QED) is 0.605. The lowest BCUT2D eigenvalue weighted by molar-refractivity contribution is -0.118. The second-order valence-electron chi connectivity index (χ2n) is 7.63. The van der Waals surface area contributed by atoms with Gasteiger partial charge in [-0.2, -0.15) is 0 Å². The fourth-order valence-corrected chi connectivity index (χ4v) is 4.90. The molecule has 3 heteroatoms. The SMILES string of the molecule is C=CC(O)(CC=C[C@H]1[C@@H]2CC(=C)C(=O)[C@H]2C[C@H]1O)C1CCCC1. The Morgan fingerprint density at radius 1 is 1.30 bits per heavy atom. The predicted octanol–water partition coefficient (Wildman–Crippen LogP) is 3.18. The monoisotopic (exact) mass is 316 g/mol. The standard InChI is InChI=1S/C20H28O3/c1-3-20(23,14-7-4-5-8-14)10-6-9-15-16-11-13(2)19(22)17(16)12-18(15)21/h3,6,9,14-18,21,23H,1-2,4-5,7-8,10-12H2/t15-,16-,17-,18+,20?/m0/s1. The van der Waals surface area contributed by atoms with Crippen molar-refractivity contribution in [2.75, 3.05) is 0 Å². The van der Waals surface area contributed by atoms with E-state index in [0.717, 1.165) is 12.8 Å². The Labute approximate surface area is 138 Å². The van der Waals surface area contributed by atoms with Crippen LogP contribution >= 0.6 is 0 Å².